The Bertz CT molecular complexity index is 482. The SMILES string of the molecule is CN(OC(=O)c1ccccc1)c1ccccc1. The largest absolute Gasteiger partial charge is 0.363 e. The fourth-order valence-electron chi connectivity index (χ4n) is 1.44. The van der Waals surface area contributed by atoms with Crippen LogP contribution in [-0.2, 0) is 4.84 Å². The van der Waals surface area contributed by atoms with Gasteiger partial charge >= 0.3 is 5.97 Å². The van der Waals surface area contributed by atoms with E-state index < -0.39 is 0 Å². The summed E-state index contributed by atoms with van der Waals surface area (Å²) in [6.07, 6.45) is 0. The van der Waals surface area contributed by atoms with Crippen LogP contribution in [0.1, 0.15) is 10.4 Å². The smallest absolute Gasteiger partial charge is 0.336 e. The third-order valence-electron chi connectivity index (χ3n) is 2.35. The number of hydrogen-bond acceptors (Lipinski definition) is 3. The third kappa shape index (κ3) is 2.84. The molecule has 17 heavy (non-hydrogen) atoms. The van der Waals surface area contributed by atoms with Crippen LogP contribution >= 0.6 is 0 Å². The van der Waals surface area contributed by atoms with E-state index >= 15 is 0 Å². The maximum absolute atomic E-state index is 11.8. The van der Waals surface area contributed by atoms with Crippen LogP contribution in [0.25, 0.3) is 0 Å². The van der Waals surface area contributed by atoms with Gasteiger partial charge in [0.1, 0.15) is 0 Å². The highest BCUT2D eigenvalue weighted by Gasteiger charge is 2.10. The Kier molecular flexibility index (Phi) is 3.40. The molecule has 0 aliphatic heterocycles. The zero-order valence-corrected chi connectivity index (χ0v) is 9.54. The monoisotopic (exact) mass is 227 g/mol. The average molecular weight is 227 g/mol. The minimum absolute atomic E-state index is 0.364. The fraction of sp³-hybridized carbons (Fsp3) is 0.0714. The molecule has 0 unspecified atom stereocenters. The molecule has 0 amide bonds. The van der Waals surface area contributed by atoms with Crippen molar-refractivity contribution in [2.45, 2.75) is 0 Å². The summed E-state index contributed by atoms with van der Waals surface area (Å²) >= 11 is 0. The van der Waals surface area contributed by atoms with Crippen molar-refractivity contribution >= 4 is 11.7 Å². The summed E-state index contributed by atoms with van der Waals surface area (Å²) < 4.78 is 0. The topological polar surface area (TPSA) is 29.5 Å². The number of benzene rings is 2. The molecular weight excluding hydrogens is 214 g/mol. The summed E-state index contributed by atoms with van der Waals surface area (Å²) in [6, 6.07) is 18.4. The molecule has 0 saturated carbocycles. The summed E-state index contributed by atoms with van der Waals surface area (Å²) in [5.74, 6) is -0.364. The molecule has 3 nitrogen and oxygen atoms in total. The lowest BCUT2D eigenvalue weighted by Crippen LogP contribution is -2.22. The van der Waals surface area contributed by atoms with Crippen LogP contribution in [0, 0.1) is 0 Å². The van der Waals surface area contributed by atoms with Crippen molar-refractivity contribution in [3.63, 3.8) is 0 Å². The molecule has 0 spiro atoms. The maximum atomic E-state index is 11.8. The van der Waals surface area contributed by atoms with Gasteiger partial charge in [0.05, 0.1) is 11.3 Å². The molecule has 0 radical (unpaired) electrons. The van der Waals surface area contributed by atoms with Crippen LogP contribution in [0.3, 0.4) is 0 Å². The molecule has 2 aromatic carbocycles. The van der Waals surface area contributed by atoms with Crippen molar-refractivity contribution in [3.8, 4) is 0 Å². The Morgan fingerprint density at radius 1 is 0.941 bits per heavy atom. The summed E-state index contributed by atoms with van der Waals surface area (Å²) in [5.41, 5.74) is 1.37. The van der Waals surface area contributed by atoms with Gasteiger partial charge in [0, 0.05) is 7.05 Å². The molecule has 0 N–H and O–H groups in total. The number of para-hydroxylation sites is 1. The second-order valence-corrected chi connectivity index (χ2v) is 3.58. The van der Waals surface area contributed by atoms with E-state index in [1.807, 2.05) is 36.4 Å². The lowest BCUT2D eigenvalue weighted by molar-refractivity contribution is 0.0478. The van der Waals surface area contributed by atoms with E-state index in [1.165, 1.54) is 5.06 Å². The van der Waals surface area contributed by atoms with Crippen LogP contribution in [0.4, 0.5) is 5.69 Å². The van der Waals surface area contributed by atoms with E-state index in [4.69, 9.17) is 4.84 Å². The molecule has 0 heterocycles. The number of rotatable bonds is 3. The molecular formula is C14H13NO2. The van der Waals surface area contributed by atoms with Crippen molar-refractivity contribution < 1.29 is 9.63 Å². The van der Waals surface area contributed by atoms with Gasteiger partial charge in [0.15, 0.2) is 0 Å². The number of nitrogens with zero attached hydrogens (tertiary/aromatic N) is 1. The van der Waals surface area contributed by atoms with Gasteiger partial charge in [-0.25, -0.2) is 9.86 Å². The number of carbonyl (C=O) groups excluding carboxylic acids is 1. The van der Waals surface area contributed by atoms with E-state index in [9.17, 15) is 4.79 Å². The average Bonchev–Trinajstić information content (AvgIpc) is 2.40. The molecule has 0 atom stereocenters. The molecule has 0 bridgehead atoms. The summed E-state index contributed by atoms with van der Waals surface area (Å²) in [4.78, 5) is 17.0. The number of hydroxylamine groups is 1. The van der Waals surface area contributed by atoms with Gasteiger partial charge in [-0.2, -0.15) is 0 Å². The molecule has 0 saturated heterocycles. The molecule has 0 aromatic heterocycles. The Morgan fingerprint density at radius 2 is 1.47 bits per heavy atom. The molecule has 0 fully saturated rings. The van der Waals surface area contributed by atoms with E-state index in [0.717, 1.165) is 5.69 Å². The van der Waals surface area contributed by atoms with E-state index in [0.29, 0.717) is 5.56 Å². The fourth-order valence-corrected chi connectivity index (χ4v) is 1.44. The Hall–Kier alpha value is -2.29. The second kappa shape index (κ2) is 5.16. The van der Waals surface area contributed by atoms with Crippen LogP contribution < -0.4 is 5.06 Å². The number of hydrogen-bond donors (Lipinski definition) is 0. The maximum Gasteiger partial charge on any atom is 0.363 e. The predicted molar refractivity (Wildman–Crippen MR) is 66.7 cm³/mol. The Morgan fingerprint density at radius 3 is 2.06 bits per heavy atom. The first-order valence-electron chi connectivity index (χ1n) is 5.33. The highest BCUT2D eigenvalue weighted by molar-refractivity contribution is 5.89. The van der Waals surface area contributed by atoms with Crippen molar-refractivity contribution in [1.82, 2.24) is 0 Å². The molecule has 2 aromatic rings. The summed E-state index contributed by atoms with van der Waals surface area (Å²) in [7, 11) is 1.70. The normalized spacial score (nSPS) is 9.71. The van der Waals surface area contributed by atoms with Crippen molar-refractivity contribution in [2.75, 3.05) is 12.1 Å². The van der Waals surface area contributed by atoms with Gasteiger partial charge in [0.25, 0.3) is 0 Å². The lowest BCUT2D eigenvalue weighted by atomic mass is 10.2. The van der Waals surface area contributed by atoms with Crippen LogP contribution in [0.2, 0.25) is 0 Å². The zero-order valence-electron chi connectivity index (χ0n) is 9.54. The molecule has 3 heteroatoms. The molecule has 2 rings (SSSR count). The van der Waals surface area contributed by atoms with Gasteiger partial charge in [-0.3, -0.25) is 0 Å². The Labute approximate surface area is 100 Å². The van der Waals surface area contributed by atoms with Crippen LogP contribution in [-0.4, -0.2) is 13.0 Å². The summed E-state index contributed by atoms with van der Waals surface area (Å²) in [6.45, 7) is 0. The number of anilines is 1. The predicted octanol–water partition coefficient (Wildman–Crippen LogP) is 2.89. The molecule has 0 aliphatic rings. The van der Waals surface area contributed by atoms with E-state index in [1.54, 1.807) is 31.3 Å². The van der Waals surface area contributed by atoms with Gasteiger partial charge in [-0.1, -0.05) is 36.4 Å². The van der Waals surface area contributed by atoms with Crippen molar-refractivity contribution in [1.29, 1.82) is 0 Å². The molecule has 86 valence electrons. The van der Waals surface area contributed by atoms with Gasteiger partial charge in [-0.05, 0) is 24.3 Å². The van der Waals surface area contributed by atoms with E-state index in [2.05, 4.69) is 0 Å². The van der Waals surface area contributed by atoms with Crippen LogP contribution in [0.15, 0.2) is 60.7 Å². The standard InChI is InChI=1S/C14H13NO2/c1-15(13-10-6-3-7-11-13)17-14(16)12-8-4-2-5-9-12/h2-11H,1H3. The van der Waals surface area contributed by atoms with E-state index in [-0.39, 0.29) is 5.97 Å². The highest BCUT2D eigenvalue weighted by Crippen LogP contribution is 2.12. The third-order valence-corrected chi connectivity index (χ3v) is 2.35. The number of carbonyl (C=O) groups is 1. The minimum Gasteiger partial charge on any atom is -0.336 e. The quantitative estimate of drug-likeness (QED) is 0.755. The Balaban J connectivity index is 2.05. The van der Waals surface area contributed by atoms with Gasteiger partial charge in [0.2, 0.25) is 0 Å². The summed E-state index contributed by atoms with van der Waals surface area (Å²) in [5, 5.41) is 1.45. The second-order valence-electron chi connectivity index (χ2n) is 3.58. The zero-order chi connectivity index (χ0) is 12.1. The minimum atomic E-state index is -0.364. The van der Waals surface area contributed by atoms with Crippen LogP contribution in [0.5, 0.6) is 0 Å². The van der Waals surface area contributed by atoms with Crippen molar-refractivity contribution in [3.05, 3.63) is 66.2 Å². The van der Waals surface area contributed by atoms with Gasteiger partial charge in [-0.15, -0.1) is 0 Å². The van der Waals surface area contributed by atoms with Crippen molar-refractivity contribution in [2.24, 2.45) is 0 Å². The first-order chi connectivity index (χ1) is 8.27. The first-order valence-corrected chi connectivity index (χ1v) is 5.33. The van der Waals surface area contributed by atoms with Gasteiger partial charge < -0.3 is 4.84 Å². The highest BCUT2D eigenvalue weighted by atomic mass is 16.7. The first kappa shape index (κ1) is 11.2. The lowest BCUT2D eigenvalue weighted by Gasteiger charge is -2.17. The molecule has 0 aliphatic carbocycles.